The molecule has 1 aliphatic carbocycles. The Bertz CT molecular complexity index is 316. The largest absolute Gasteiger partial charge is 0.454 e. The van der Waals surface area contributed by atoms with E-state index in [2.05, 4.69) is 4.74 Å². The summed E-state index contributed by atoms with van der Waals surface area (Å²) in [6, 6.07) is 0. The van der Waals surface area contributed by atoms with E-state index >= 15 is 0 Å². The summed E-state index contributed by atoms with van der Waals surface area (Å²) < 4.78 is 9.28. The van der Waals surface area contributed by atoms with Crippen LogP contribution in [0.5, 0.6) is 0 Å². The van der Waals surface area contributed by atoms with Crippen LogP contribution in [0.2, 0.25) is 0 Å². The molecule has 5 heteroatoms. The van der Waals surface area contributed by atoms with Gasteiger partial charge in [0, 0.05) is 25.8 Å². The van der Waals surface area contributed by atoms with Crippen molar-refractivity contribution in [3.63, 3.8) is 0 Å². The predicted octanol–water partition coefficient (Wildman–Crippen LogP) is 0.730. The Kier molecular flexibility index (Phi) is 4.03. The van der Waals surface area contributed by atoms with E-state index in [1.807, 2.05) is 0 Å². The molecule has 0 aromatic rings. The second kappa shape index (κ2) is 5.29. The van der Waals surface area contributed by atoms with Gasteiger partial charge in [-0.05, 0) is 6.42 Å². The maximum Gasteiger partial charge on any atom is 0.349 e. The summed E-state index contributed by atoms with van der Waals surface area (Å²) in [6.07, 6.45) is 3.06. The van der Waals surface area contributed by atoms with E-state index in [-0.39, 0.29) is 5.78 Å². The van der Waals surface area contributed by atoms with E-state index in [0.29, 0.717) is 25.0 Å². The van der Waals surface area contributed by atoms with Gasteiger partial charge in [0.2, 0.25) is 0 Å². The second-order valence-electron chi connectivity index (χ2n) is 3.18. The highest BCUT2D eigenvalue weighted by atomic mass is 16.6. The first-order valence-corrected chi connectivity index (χ1v) is 4.65. The molecule has 0 N–H and O–H groups in total. The van der Waals surface area contributed by atoms with Crippen LogP contribution in [0.25, 0.3) is 0 Å². The summed E-state index contributed by atoms with van der Waals surface area (Å²) >= 11 is 0. The van der Waals surface area contributed by atoms with E-state index in [0.717, 1.165) is 0 Å². The Hall–Kier alpha value is -1.65. The Morgan fingerprint density at radius 3 is 2.73 bits per heavy atom. The molecule has 0 atom stereocenters. The summed E-state index contributed by atoms with van der Waals surface area (Å²) in [5.41, 5.74) is 0. The van der Waals surface area contributed by atoms with Crippen molar-refractivity contribution in [1.82, 2.24) is 0 Å². The topological polar surface area (TPSA) is 69.7 Å². The molecule has 0 aromatic heterocycles. The van der Waals surface area contributed by atoms with E-state index in [1.54, 1.807) is 0 Å². The molecular formula is C10H12O5. The third kappa shape index (κ3) is 4.39. The lowest BCUT2D eigenvalue weighted by Crippen LogP contribution is -2.16. The van der Waals surface area contributed by atoms with Crippen LogP contribution in [-0.2, 0) is 23.9 Å². The lowest BCUT2D eigenvalue weighted by Gasteiger charge is -2.11. The van der Waals surface area contributed by atoms with Gasteiger partial charge >= 0.3 is 11.9 Å². The number of ether oxygens (including phenoxy) is 2. The molecule has 0 heterocycles. The summed E-state index contributed by atoms with van der Waals surface area (Å²) in [5.74, 6) is -0.897. The van der Waals surface area contributed by atoms with Crippen LogP contribution in [0.1, 0.15) is 26.2 Å². The second-order valence-corrected chi connectivity index (χ2v) is 3.18. The number of allylic oxidation sites excluding steroid dienone is 2. The SMILES string of the molecule is CC(=O)OCC(=O)OC1=CC(=O)CCC1. The summed E-state index contributed by atoms with van der Waals surface area (Å²) in [5, 5.41) is 0. The Balaban J connectivity index is 2.37. The number of hydrogen-bond donors (Lipinski definition) is 0. The van der Waals surface area contributed by atoms with E-state index in [4.69, 9.17) is 4.74 Å². The fourth-order valence-corrected chi connectivity index (χ4v) is 1.18. The molecule has 82 valence electrons. The highest BCUT2D eigenvalue weighted by molar-refractivity contribution is 5.91. The highest BCUT2D eigenvalue weighted by Gasteiger charge is 2.14. The van der Waals surface area contributed by atoms with Gasteiger partial charge in [0.15, 0.2) is 12.4 Å². The Morgan fingerprint density at radius 1 is 1.40 bits per heavy atom. The van der Waals surface area contributed by atoms with Crippen LogP contribution in [0, 0.1) is 0 Å². The number of carbonyl (C=O) groups is 3. The number of esters is 2. The van der Waals surface area contributed by atoms with Crippen molar-refractivity contribution >= 4 is 17.7 Å². The molecule has 1 aliphatic rings. The van der Waals surface area contributed by atoms with Gasteiger partial charge in [-0.2, -0.15) is 0 Å². The van der Waals surface area contributed by atoms with Crippen LogP contribution >= 0.6 is 0 Å². The number of carbonyl (C=O) groups excluding carboxylic acids is 3. The van der Waals surface area contributed by atoms with Gasteiger partial charge < -0.3 is 9.47 Å². The minimum absolute atomic E-state index is 0.0449. The van der Waals surface area contributed by atoms with E-state index in [1.165, 1.54) is 13.0 Å². The summed E-state index contributed by atoms with van der Waals surface area (Å²) in [4.78, 5) is 32.4. The van der Waals surface area contributed by atoms with Crippen LogP contribution in [0.3, 0.4) is 0 Å². The molecule has 0 saturated carbocycles. The van der Waals surface area contributed by atoms with Crippen molar-refractivity contribution < 1.29 is 23.9 Å². The molecule has 5 nitrogen and oxygen atoms in total. The van der Waals surface area contributed by atoms with Crippen molar-refractivity contribution in [1.29, 1.82) is 0 Å². The fourth-order valence-electron chi connectivity index (χ4n) is 1.18. The number of hydrogen-bond acceptors (Lipinski definition) is 5. The molecule has 15 heavy (non-hydrogen) atoms. The Morgan fingerprint density at radius 2 is 2.13 bits per heavy atom. The molecular weight excluding hydrogens is 200 g/mol. The molecule has 0 radical (unpaired) electrons. The van der Waals surface area contributed by atoms with Gasteiger partial charge in [-0.15, -0.1) is 0 Å². The third-order valence-electron chi connectivity index (χ3n) is 1.81. The van der Waals surface area contributed by atoms with Crippen LogP contribution in [0.4, 0.5) is 0 Å². The smallest absolute Gasteiger partial charge is 0.349 e. The minimum atomic E-state index is -0.661. The zero-order chi connectivity index (χ0) is 11.3. The van der Waals surface area contributed by atoms with E-state index in [9.17, 15) is 14.4 Å². The fraction of sp³-hybridized carbons (Fsp3) is 0.500. The lowest BCUT2D eigenvalue weighted by atomic mass is 10.1. The van der Waals surface area contributed by atoms with Crippen LogP contribution in [-0.4, -0.2) is 24.3 Å². The summed E-state index contributed by atoms with van der Waals surface area (Å²) in [7, 11) is 0. The molecule has 0 unspecified atom stereocenters. The van der Waals surface area contributed by atoms with Gasteiger partial charge in [0.1, 0.15) is 5.76 Å². The average Bonchev–Trinajstić information content (AvgIpc) is 2.15. The maximum absolute atomic E-state index is 11.1. The predicted molar refractivity (Wildman–Crippen MR) is 49.7 cm³/mol. The first kappa shape index (κ1) is 11.4. The Labute approximate surface area is 87.0 Å². The van der Waals surface area contributed by atoms with Crippen molar-refractivity contribution in [2.45, 2.75) is 26.2 Å². The molecule has 0 saturated heterocycles. The van der Waals surface area contributed by atoms with Gasteiger partial charge in [-0.1, -0.05) is 0 Å². The highest BCUT2D eigenvalue weighted by Crippen LogP contribution is 2.16. The lowest BCUT2D eigenvalue weighted by molar-refractivity contribution is -0.155. The number of ketones is 1. The molecule has 0 spiro atoms. The molecule has 0 fully saturated rings. The van der Waals surface area contributed by atoms with Gasteiger partial charge in [0.25, 0.3) is 0 Å². The third-order valence-corrected chi connectivity index (χ3v) is 1.81. The zero-order valence-corrected chi connectivity index (χ0v) is 8.45. The molecule has 1 rings (SSSR count). The van der Waals surface area contributed by atoms with Crippen molar-refractivity contribution in [3.8, 4) is 0 Å². The van der Waals surface area contributed by atoms with Gasteiger partial charge in [-0.3, -0.25) is 9.59 Å². The molecule has 0 amide bonds. The van der Waals surface area contributed by atoms with E-state index < -0.39 is 18.5 Å². The molecule has 0 aromatic carbocycles. The average molecular weight is 212 g/mol. The van der Waals surface area contributed by atoms with Crippen molar-refractivity contribution in [3.05, 3.63) is 11.8 Å². The van der Waals surface area contributed by atoms with Gasteiger partial charge in [0.05, 0.1) is 0 Å². The van der Waals surface area contributed by atoms with Crippen molar-refractivity contribution in [2.24, 2.45) is 0 Å². The van der Waals surface area contributed by atoms with Crippen LogP contribution < -0.4 is 0 Å². The zero-order valence-electron chi connectivity index (χ0n) is 8.45. The first-order valence-electron chi connectivity index (χ1n) is 4.65. The van der Waals surface area contributed by atoms with Crippen molar-refractivity contribution in [2.75, 3.05) is 6.61 Å². The minimum Gasteiger partial charge on any atom is -0.454 e. The quantitative estimate of drug-likeness (QED) is 0.645. The molecule has 0 aliphatic heterocycles. The van der Waals surface area contributed by atoms with Crippen LogP contribution in [0.15, 0.2) is 11.8 Å². The monoisotopic (exact) mass is 212 g/mol. The van der Waals surface area contributed by atoms with Gasteiger partial charge in [-0.25, -0.2) is 4.79 Å². The molecule has 0 bridgehead atoms. The normalized spacial score (nSPS) is 15.5. The number of rotatable bonds is 3. The summed E-state index contributed by atoms with van der Waals surface area (Å²) in [6.45, 7) is 0.789. The first-order chi connectivity index (χ1) is 7.08. The maximum atomic E-state index is 11.1. The standard InChI is InChI=1S/C10H12O5/c1-7(11)14-6-10(13)15-9-4-2-3-8(12)5-9/h5H,2-4,6H2,1H3.